The fourth-order valence-electron chi connectivity index (χ4n) is 2.04. The van der Waals surface area contributed by atoms with E-state index in [0.717, 1.165) is 6.26 Å². The Morgan fingerprint density at radius 1 is 1.44 bits per heavy atom. The molecule has 0 heterocycles. The summed E-state index contributed by atoms with van der Waals surface area (Å²) in [7, 11) is -2.26. The van der Waals surface area contributed by atoms with Crippen molar-refractivity contribution in [1.82, 2.24) is 0 Å². The zero-order valence-corrected chi connectivity index (χ0v) is 10.1. The summed E-state index contributed by atoms with van der Waals surface area (Å²) in [5, 5.41) is 9.08. The summed E-state index contributed by atoms with van der Waals surface area (Å²) < 4.78 is 31.3. The maximum Gasteiger partial charge on any atom is 0.309 e. The van der Waals surface area contributed by atoms with Crippen molar-refractivity contribution < 1.29 is 27.2 Å². The Hall–Kier alpha value is -0.660. The molecule has 0 aromatic heterocycles. The van der Waals surface area contributed by atoms with Crippen LogP contribution in [0.4, 0.5) is 0 Å². The summed E-state index contributed by atoms with van der Waals surface area (Å²) in [4.78, 5) is 11.4. The Balaban J connectivity index is 2.66. The van der Waals surface area contributed by atoms with Crippen molar-refractivity contribution in [2.45, 2.75) is 18.9 Å². The lowest BCUT2D eigenvalue weighted by Gasteiger charge is -2.13. The average Bonchev–Trinajstić information content (AvgIpc) is 2.57. The molecule has 1 fully saturated rings. The first-order chi connectivity index (χ1) is 7.37. The number of aliphatic hydroxyl groups is 1. The molecule has 0 amide bonds. The SMILES string of the molecule is COC(=O)[C@H]1C[C@@H](OS(C)(=O)=O)C[C@H]1CO. The van der Waals surface area contributed by atoms with Crippen LogP contribution in [0.15, 0.2) is 0 Å². The first-order valence-electron chi connectivity index (χ1n) is 4.94. The normalized spacial score (nSPS) is 30.3. The van der Waals surface area contributed by atoms with E-state index in [0.29, 0.717) is 6.42 Å². The van der Waals surface area contributed by atoms with Crippen LogP contribution in [-0.2, 0) is 23.8 Å². The molecule has 3 atom stereocenters. The lowest BCUT2D eigenvalue weighted by atomic mass is 9.97. The lowest BCUT2D eigenvalue weighted by Crippen LogP contribution is -2.22. The number of aliphatic hydroxyl groups excluding tert-OH is 1. The molecule has 0 saturated heterocycles. The number of methoxy groups -OCH3 is 1. The number of ether oxygens (including phenoxy) is 1. The van der Waals surface area contributed by atoms with Crippen LogP contribution in [0.3, 0.4) is 0 Å². The van der Waals surface area contributed by atoms with E-state index in [2.05, 4.69) is 4.74 Å². The highest BCUT2D eigenvalue weighted by Gasteiger charge is 2.40. The quantitative estimate of drug-likeness (QED) is 0.537. The number of rotatable bonds is 4. The molecule has 7 heteroatoms. The molecule has 0 bridgehead atoms. The fourth-order valence-corrected chi connectivity index (χ4v) is 2.69. The van der Waals surface area contributed by atoms with E-state index >= 15 is 0 Å². The Morgan fingerprint density at radius 3 is 2.50 bits per heavy atom. The molecule has 16 heavy (non-hydrogen) atoms. The van der Waals surface area contributed by atoms with Crippen LogP contribution in [0.1, 0.15) is 12.8 Å². The van der Waals surface area contributed by atoms with E-state index < -0.39 is 28.1 Å². The molecule has 0 aliphatic heterocycles. The Bertz CT molecular complexity index is 349. The highest BCUT2D eigenvalue weighted by atomic mass is 32.2. The van der Waals surface area contributed by atoms with Crippen LogP contribution in [0.5, 0.6) is 0 Å². The molecular weight excluding hydrogens is 236 g/mol. The molecular formula is C9H16O6S. The van der Waals surface area contributed by atoms with Gasteiger partial charge < -0.3 is 9.84 Å². The van der Waals surface area contributed by atoms with Gasteiger partial charge in [-0.15, -0.1) is 0 Å². The minimum absolute atomic E-state index is 0.177. The molecule has 0 aromatic carbocycles. The highest BCUT2D eigenvalue weighted by Crippen LogP contribution is 2.34. The topological polar surface area (TPSA) is 89.9 Å². The van der Waals surface area contributed by atoms with Crippen LogP contribution in [0.25, 0.3) is 0 Å². The van der Waals surface area contributed by atoms with Crippen LogP contribution in [-0.4, -0.2) is 45.6 Å². The van der Waals surface area contributed by atoms with E-state index in [1.54, 1.807) is 0 Å². The molecule has 0 aromatic rings. The second kappa shape index (κ2) is 5.11. The number of hydrogen-bond donors (Lipinski definition) is 1. The first kappa shape index (κ1) is 13.4. The van der Waals surface area contributed by atoms with Crippen LogP contribution < -0.4 is 0 Å². The monoisotopic (exact) mass is 252 g/mol. The van der Waals surface area contributed by atoms with E-state index in [1.807, 2.05) is 0 Å². The molecule has 6 nitrogen and oxygen atoms in total. The Labute approximate surface area is 94.7 Å². The lowest BCUT2D eigenvalue weighted by molar-refractivity contribution is -0.147. The van der Waals surface area contributed by atoms with Gasteiger partial charge in [0.05, 0.1) is 25.4 Å². The summed E-state index contributed by atoms with van der Waals surface area (Å²) in [6.07, 6.45) is 1.04. The van der Waals surface area contributed by atoms with Gasteiger partial charge in [-0.25, -0.2) is 0 Å². The van der Waals surface area contributed by atoms with E-state index in [9.17, 15) is 13.2 Å². The maximum absolute atomic E-state index is 11.4. The highest BCUT2D eigenvalue weighted by molar-refractivity contribution is 7.86. The number of carbonyl (C=O) groups excluding carboxylic acids is 1. The van der Waals surface area contributed by atoms with Crippen molar-refractivity contribution in [3.63, 3.8) is 0 Å². The van der Waals surface area contributed by atoms with Crippen molar-refractivity contribution in [1.29, 1.82) is 0 Å². The predicted molar refractivity (Wildman–Crippen MR) is 55.0 cm³/mol. The van der Waals surface area contributed by atoms with Gasteiger partial charge in [0.2, 0.25) is 0 Å². The third-order valence-corrected chi connectivity index (χ3v) is 3.32. The van der Waals surface area contributed by atoms with Gasteiger partial charge >= 0.3 is 5.97 Å². The minimum Gasteiger partial charge on any atom is -0.469 e. The number of esters is 1. The van der Waals surface area contributed by atoms with E-state index in [-0.39, 0.29) is 18.9 Å². The summed E-state index contributed by atoms with van der Waals surface area (Å²) in [5.41, 5.74) is 0. The van der Waals surface area contributed by atoms with E-state index in [1.165, 1.54) is 7.11 Å². The predicted octanol–water partition coefficient (Wildman–Crippen LogP) is -0.477. The van der Waals surface area contributed by atoms with Gasteiger partial charge in [-0.1, -0.05) is 0 Å². The fraction of sp³-hybridized carbons (Fsp3) is 0.889. The summed E-state index contributed by atoms with van der Waals surface area (Å²) in [5.74, 6) is -1.21. The van der Waals surface area contributed by atoms with Gasteiger partial charge in [-0.05, 0) is 18.8 Å². The average molecular weight is 252 g/mol. The van der Waals surface area contributed by atoms with Crippen LogP contribution in [0, 0.1) is 11.8 Å². The summed E-state index contributed by atoms with van der Waals surface area (Å²) >= 11 is 0. The van der Waals surface area contributed by atoms with Gasteiger partial charge in [0, 0.05) is 6.61 Å². The minimum atomic E-state index is -3.53. The smallest absolute Gasteiger partial charge is 0.309 e. The second-order valence-corrected chi connectivity index (χ2v) is 5.57. The zero-order valence-electron chi connectivity index (χ0n) is 9.25. The van der Waals surface area contributed by atoms with Crippen molar-refractivity contribution in [2.24, 2.45) is 11.8 Å². The van der Waals surface area contributed by atoms with Crippen molar-refractivity contribution in [2.75, 3.05) is 20.0 Å². The second-order valence-electron chi connectivity index (χ2n) is 3.97. The third kappa shape index (κ3) is 3.43. The largest absolute Gasteiger partial charge is 0.469 e. The summed E-state index contributed by atoms with van der Waals surface area (Å²) in [6.45, 7) is -0.177. The van der Waals surface area contributed by atoms with Gasteiger partial charge in [-0.2, -0.15) is 8.42 Å². The molecule has 0 unspecified atom stereocenters. The maximum atomic E-state index is 11.4. The van der Waals surface area contributed by atoms with Crippen molar-refractivity contribution in [3.8, 4) is 0 Å². The summed E-state index contributed by atoms with van der Waals surface area (Å²) in [6, 6.07) is 0. The Morgan fingerprint density at radius 2 is 2.06 bits per heavy atom. The molecule has 1 aliphatic rings. The van der Waals surface area contributed by atoms with Crippen molar-refractivity contribution >= 4 is 16.1 Å². The molecule has 1 N–H and O–H groups in total. The van der Waals surface area contributed by atoms with Crippen LogP contribution >= 0.6 is 0 Å². The zero-order chi connectivity index (χ0) is 12.3. The van der Waals surface area contributed by atoms with E-state index in [4.69, 9.17) is 9.29 Å². The Kier molecular flexibility index (Phi) is 4.28. The molecule has 1 rings (SSSR count). The van der Waals surface area contributed by atoms with Gasteiger partial charge in [-0.3, -0.25) is 8.98 Å². The molecule has 0 radical (unpaired) electrons. The molecule has 0 spiro atoms. The molecule has 1 saturated carbocycles. The van der Waals surface area contributed by atoms with Crippen molar-refractivity contribution in [3.05, 3.63) is 0 Å². The van der Waals surface area contributed by atoms with Gasteiger partial charge in [0.15, 0.2) is 0 Å². The third-order valence-electron chi connectivity index (χ3n) is 2.70. The standard InChI is InChI=1S/C9H16O6S/c1-14-9(11)8-4-7(3-6(8)5-10)15-16(2,12)13/h6-8,10H,3-5H2,1-2H3/t6-,7-,8-/m0/s1. The van der Waals surface area contributed by atoms with Crippen LogP contribution in [0.2, 0.25) is 0 Å². The first-order valence-corrected chi connectivity index (χ1v) is 6.76. The molecule has 1 aliphatic carbocycles. The molecule has 94 valence electrons. The number of carbonyl (C=O) groups is 1. The van der Waals surface area contributed by atoms with Gasteiger partial charge in [0.25, 0.3) is 10.1 Å². The van der Waals surface area contributed by atoms with Gasteiger partial charge in [0.1, 0.15) is 0 Å². The number of hydrogen-bond acceptors (Lipinski definition) is 6.